The van der Waals surface area contributed by atoms with Gasteiger partial charge in [0.2, 0.25) is 21.9 Å². The number of nitrogens with zero attached hydrogens (tertiary/aromatic N) is 1. The number of sulfonamides is 1. The molecule has 0 saturated heterocycles. The van der Waals surface area contributed by atoms with Gasteiger partial charge in [-0.1, -0.05) is 37.5 Å². The van der Waals surface area contributed by atoms with Crippen molar-refractivity contribution in [2.24, 2.45) is 11.8 Å². The van der Waals surface area contributed by atoms with Crippen LogP contribution in [0.3, 0.4) is 0 Å². The van der Waals surface area contributed by atoms with Gasteiger partial charge in [-0.05, 0) is 49.6 Å². The molecular weight excluding hydrogens is 673 g/mol. The number of anilines is 1. The van der Waals surface area contributed by atoms with Crippen LogP contribution < -0.4 is 24.3 Å². The summed E-state index contributed by atoms with van der Waals surface area (Å²) in [5.74, 6) is -4.06. The number of carbonyl (C=O) groups excluding carboxylic acids is 1. The maximum Gasteiger partial charge on any atom is 0.248 e. The van der Waals surface area contributed by atoms with E-state index in [1.54, 1.807) is 36.4 Å². The molecule has 2 aliphatic carbocycles. The maximum absolute atomic E-state index is 16.2. The summed E-state index contributed by atoms with van der Waals surface area (Å²) >= 11 is 0. The third-order valence-electron chi connectivity index (χ3n) is 9.93. The van der Waals surface area contributed by atoms with E-state index in [9.17, 15) is 22.0 Å². The van der Waals surface area contributed by atoms with E-state index in [0.717, 1.165) is 6.42 Å². The molecule has 3 aromatic carbocycles. The van der Waals surface area contributed by atoms with E-state index in [4.69, 9.17) is 18.9 Å². The van der Waals surface area contributed by atoms with Crippen LogP contribution in [0.5, 0.6) is 23.0 Å². The predicted molar refractivity (Wildman–Crippen MR) is 183 cm³/mol. The van der Waals surface area contributed by atoms with Gasteiger partial charge in [-0.3, -0.25) is 4.79 Å². The van der Waals surface area contributed by atoms with Crippen LogP contribution in [0.1, 0.15) is 62.5 Å². The van der Waals surface area contributed by atoms with Crippen LogP contribution >= 0.6 is 0 Å². The van der Waals surface area contributed by atoms with E-state index in [0.29, 0.717) is 47.0 Å². The number of hydrogen-bond donors (Lipinski definition) is 1. The largest absolute Gasteiger partial charge is 0.497 e. The van der Waals surface area contributed by atoms with Crippen molar-refractivity contribution in [2.75, 3.05) is 33.8 Å². The van der Waals surface area contributed by atoms with Gasteiger partial charge < -0.3 is 24.3 Å². The number of alkyl halides is 3. The van der Waals surface area contributed by atoms with Crippen molar-refractivity contribution >= 4 is 21.6 Å². The second-order valence-corrected chi connectivity index (χ2v) is 15.0. The van der Waals surface area contributed by atoms with Crippen molar-refractivity contribution in [3.63, 3.8) is 0 Å². The normalized spacial score (nSPS) is 20.2. The number of nitrogens with one attached hydrogen (secondary N) is 1. The summed E-state index contributed by atoms with van der Waals surface area (Å²) in [5.41, 5.74) is -0.473. The fraction of sp³-hybridized carbons (Fsp3) is 0.486. The van der Waals surface area contributed by atoms with Crippen molar-refractivity contribution < 1.29 is 45.3 Å². The number of halogens is 3. The van der Waals surface area contributed by atoms with Crippen molar-refractivity contribution in [1.82, 2.24) is 4.31 Å². The number of benzene rings is 3. The molecule has 9 nitrogen and oxygen atoms in total. The van der Waals surface area contributed by atoms with Crippen LogP contribution in [-0.4, -0.2) is 58.7 Å². The highest BCUT2D eigenvalue weighted by molar-refractivity contribution is 7.89. The average Bonchev–Trinajstić information content (AvgIpc) is 3.11. The number of carbonyl (C=O) groups is 1. The zero-order valence-electron chi connectivity index (χ0n) is 28.8. The zero-order valence-corrected chi connectivity index (χ0v) is 29.7. The van der Waals surface area contributed by atoms with Crippen LogP contribution in [0.4, 0.5) is 18.9 Å². The van der Waals surface area contributed by atoms with E-state index in [1.807, 2.05) is 0 Å². The summed E-state index contributed by atoms with van der Waals surface area (Å²) in [5, 5.41) is 2.66. The minimum atomic E-state index is -4.29. The van der Waals surface area contributed by atoms with Gasteiger partial charge in [0.25, 0.3) is 0 Å². The molecule has 2 saturated carbocycles. The summed E-state index contributed by atoms with van der Waals surface area (Å²) in [6, 6.07) is 15.8. The molecule has 13 heteroatoms. The summed E-state index contributed by atoms with van der Waals surface area (Å²) < 4.78 is 97.4. The lowest BCUT2D eigenvalue weighted by atomic mass is 9.65. The van der Waals surface area contributed by atoms with Gasteiger partial charge in [0.05, 0.1) is 33.3 Å². The topological polar surface area (TPSA) is 103 Å². The zero-order chi connectivity index (χ0) is 36.1. The lowest BCUT2D eigenvalue weighted by Crippen LogP contribution is -2.49. The molecule has 2 unspecified atom stereocenters. The molecule has 1 N–H and O–H groups in total. The smallest absolute Gasteiger partial charge is 0.248 e. The van der Waals surface area contributed by atoms with E-state index in [2.05, 4.69) is 5.32 Å². The fourth-order valence-electron chi connectivity index (χ4n) is 7.23. The summed E-state index contributed by atoms with van der Waals surface area (Å²) in [7, 11) is 1.68. The standard InChI is InChI=1S/C37H45F3N2O7S/c1-46-28-13-11-25(33(20-28)48-3)23-42(24-26-12-14-29(47-2)21-34(26)49-4)50(44,45)30-10-8-9-27(19-30)41-35(43)31-22-37(39,40)18-15-32(31)36(38)16-6-5-7-17-36/h8-14,19-21,31-32H,5-7,15-18,22-24H2,1-4H3,(H,41,43). The monoisotopic (exact) mass is 718 g/mol. The molecule has 0 radical (unpaired) electrons. The van der Waals surface area contributed by atoms with Crippen molar-refractivity contribution in [2.45, 2.75) is 80.9 Å². The molecule has 50 heavy (non-hydrogen) atoms. The molecule has 0 heterocycles. The van der Waals surface area contributed by atoms with Crippen molar-refractivity contribution in [3.8, 4) is 23.0 Å². The van der Waals surface area contributed by atoms with Gasteiger partial charge in [-0.2, -0.15) is 4.31 Å². The molecular formula is C37H45F3N2O7S. The van der Waals surface area contributed by atoms with Gasteiger partial charge in [0.15, 0.2) is 0 Å². The van der Waals surface area contributed by atoms with Gasteiger partial charge in [-0.15, -0.1) is 0 Å². The average molecular weight is 719 g/mol. The number of amides is 1. The molecule has 2 atom stereocenters. The lowest BCUT2D eigenvalue weighted by Gasteiger charge is -2.44. The second kappa shape index (κ2) is 15.5. The Bertz CT molecular complexity index is 1710. The first-order valence-corrected chi connectivity index (χ1v) is 18.2. The van der Waals surface area contributed by atoms with Crippen LogP contribution in [-0.2, 0) is 27.9 Å². The minimum Gasteiger partial charge on any atom is -0.497 e. The minimum absolute atomic E-state index is 0.0887. The van der Waals surface area contributed by atoms with Gasteiger partial charge in [-0.25, -0.2) is 21.6 Å². The van der Waals surface area contributed by atoms with Gasteiger partial charge >= 0.3 is 0 Å². The Labute approximate surface area is 292 Å². The van der Waals surface area contributed by atoms with Crippen LogP contribution in [0.2, 0.25) is 0 Å². The van der Waals surface area contributed by atoms with Gasteiger partial charge in [0, 0.05) is 66.7 Å². The highest BCUT2D eigenvalue weighted by Gasteiger charge is 2.53. The predicted octanol–water partition coefficient (Wildman–Crippen LogP) is 7.77. The van der Waals surface area contributed by atoms with E-state index >= 15 is 4.39 Å². The highest BCUT2D eigenvalue weighted by Crippen LogP contribution is 2.50. The third-order valence-corrected chi connectivity index (χ3v) is 11.7. The van der Waals surface area contributed by atoms with E-state index in [1.165, 1.54) is 57.0 Å². The quantitative estimate of drug-likeness (QED) is 0.193. The number of hydrogen-bond acceptors (Lipinski definition) is 7. The molecule has 0 spiro atoms. The Balaban J connectivity index is 1.47. The highest BCUT2D eigenvalue weighted by atomic mass is 32.2. The Morgan fingerprint density at radius 2 is 1.38 bits per heavy atom. The molecule has 272 valence electrons. The van der Waals surface area contributed by atoms with Crippen molar-refractivity contribution in [3.05, 3.63) is 71.8 Å². The number of methoxy groups -OCH3 is 4. The van der Waals surface area contributed by atoms with Gasteiger partial charge in [0.1, 0.15) is 28.7 Å². The van der Waals surface area contributed by atoms with E-state index < -0.39 is 52.2 Å². The van der Waals surface area contributed by atoms with E-state index in [-0.39, 0.29) is 42.9 Å². The first-order valence-electron chi connectivity index (χ1n) is 16.7. The Hall–Kier alpha value is -3.97. The van der Waals surface area contributed by atoms with Crippen LogP contribution in [0.15, 0.2) is 65.6 Å². The molecule has 0 aromatic heterocycles. The van der Waals surface area contributed by atoms with Crippen molar-refractivity contribution in [1.29, 1.82) is 0 Å². The Morgan fingerprint density at radius 3 is 1.92 bits per heavy atom. The Kier molecular flexibility index (Phi) is 11.6. The first kappa shape index (κ1) is 37.3. The van der Waals surface area contributed by atoms with Crippen LogP contribution in [0, 0.1) is 11.8 Å². The molecule has 3 aromatic rings. The summed E-state index contributed by atoms with van der Waals surface area (Å²) in [4.78, 5) is 13.5. The molecule has 5 rings (SSSR count). The molecule has 2 fully saturated rings. The molecule has 0 aliphatic heterocycles. The first-order chi connectivity index (χ1) is 23.8. The summed E-state index contributed by atoms with van der Waals surface area (Å²) in [6.07, 6.45) is 1.36. The molecule has 0 bridgehead atoms. The third kappa shape index (κ3) is 8.31. The fourth-order valence-corrected chi connectivity index (χ4v) is 8.67. The molecule has 1 amide bonds. The number of rotatable bonds is 13. The second-order valence-electron chi connectivity index (χ2n) is 13.1. The SMILES string of the molecule is COc1ccc(CN(Cc2ccc(OC)cc2OC)S(=O)(=O)c2cccc(NC(=O)C3CC(F)(F)CCC3C3(F)CCCCC3)c2)c(OC)c1. The number of ether oxygens (including phenoxy) is 4. The Morgan fingerprint density at radius 1 is 0.800 bits per heavy atom. The summed E-state index contributed by atoms with van der Waals surface area (Å²) in [6.45, 7) is -0.225. The van der Waals surface area contributed by atoms with Crippen LogP contribution in [0.25, 0.3) is 0 Å². The lowest BCUT2D eigenvalue weighted by molar-refractivity contribution is -0.142. The maximum atomic E-state index is 16.2. The molecule has 2 aliphatic rings.